The van der Waals surface area contributed by atoms with Crippen LogP contribution < -0.4 is 0 Å². The van der Waals surface area contributed by atoms with E-state index in [0.29, 0.717) is 6.42 Å². The van der Waals surface area contributed by atoms with E-state index in [9.17, 15) is 24.0 Å². The van der Waals surface area contributed by atoms with E-state index in [1.54, 1.807) is 6.92 Å². The van der Waals surface area contributed by atoms with E-state index in [1.807, 2.05) is 6.92 Å². The van der Waals surface area contributed by atoms with E-state index in [-0.39, 0.29) is 33.0 Å². The summed E-state index contributed by atoms with van der Waals surface area (Å²) in [6.07, 6.45) is 1.29. The lowest BCUT2D eigenvalue weighted by atomic mass is 9.90. The molecule has 1 rings (SSSR count). The number of unbranched alkanes of at least 4 members (excludes halogenated alkanes) is 1. The summed E-state index contributed by atoms with van der Waals surface area (Å²) >= 11 is 0. The highest BCUT2D eigenvalue weighted by atomic mass is 16.6. The molecular weight excluding hydrogens is 436 g/mol. The molecule has 0 aromatic heterocycles. The second kappa shape index (κ2) is 13.9. The Kier molecular flexibility index (Phi) is 11.6. The average Bonchev–Trinajstić information content (AvgIpc) is 2.78. The minimum Gasteiger partial charge on any atom is -0.462 e. The molecule has 0 saturated carbocycles. The maximum Gasteiger partial charge on any atom is 0.339 e. The molecule has 0 spiro atoms. The molecule has 1 aromatic rings. The number of carbonyl (C=O) groups is 5. The predicted molar refractivity (Wildman–Crippen MR) is 115 cm³/mol. The van der Waals surface area contributed by atoms with Crippen molar-refractivity contribution in [2.75, 3.05) is 33.0 Å². The summed E-state index contributed by atoms with van der Waals surface area (Å²) in [5, 5.41) is 0. The number of ether oxygens (including phenoxy) is 5. The number of hydrogen-bond acceptors (Lipinski definition) is 10. The molecular formula is C23H30O10. The first-order valence-electron chi connectivity index (χ1n) is 10.8. The first-order valence-corrected chi connectivity index (χ1v) is 10.8. The molecule has 0 aliphatic heterocycles. The Bertz CT molecular complexity index is 888. The Hall–Kier alpha value is -3.43. The van der Waals surface area contributed by atoms with Crippen LogP contribution in [0.3, 0.4) is 0 Å². The van der Waals surface area contributed by atoms with Gasteiger partial charge >= 0.3 is 29.8 Å². The Morgan fingerprint density at radius 1 is 0.545 bits per heavy atom. The molecule has 0 radical (unpaired) electrons. The number of rotatable bonds is 12. The van der Waals surface area contributed by atoms with Gasteiger partial charge in [0.15, 0.2) is 0 Å². The summed E-state index contributed by atoms with van der Waals surface area (Å²) in [4.78, 5) is 64.2. The van der Waals surface area contributed by atoms with E-state index in [4.69, 9.17) is 23.7 Å². The van der Waals surface area contributed by atoms with Gasteiger partial charge in [-0.05, 0) is 40.2 Å². The molecule has 182 valence electrons. The lowest BCUT2D eigenvalue weighted by molar-refractivity contribution is 0.0429. The van der Waals surface area contributed by atoms with E-state index in [0.717, 1.165) is 12.5 Å². The fraction of sp³-hybridized carbons (Fsp3) is 0.522. The summed E-state index contributed by atoms with van der Waals surface area (Å²) in [6, 6.07) is 0.980. The van der Waals surface area contributed by atoms with Crippen LogP contribution in [0.4, 0.5) is 0 Å². The van der Waals surface area contributed by atoms with E-state index < -0.39 is 57.7 Å². The van der Waals surface area contributed by atoms with Gasteiger partial charge in [0.2, 0.25) is 0 Å². The molecule has 0 heterocycles. The monoisotopic (exact) mass is 466 g/mol. The maximum atomic E-state index is 12.9. The predicted octanol–water partition coefficient (Wildman–Crippen LogP) is 3.35. The summed E-state index contributed by atoms with van der Waals surface area (Å²) in [5.41, 5.74) is -2.59. The summed E-state index contributed by atoms with van der Waals surface area (Å²) in [5.74, 6) is -5.22. The SMILES string of the molecule is CCCCOC(=O)c1cc(C(=O)OCC)c(C(=O)OCC)c(C(=O)OCC)c1C(=O)OCC. The first kappa shape index (κ1) is 27.6. The minimum atomic E-state index is -1.11. The van der Waals surface area contributed by atoms with Crippen LogP contribution in [0.25, 0.3) is 0 Å². The van der Waals surface area contributed by atoms with Gasteiger partial charge in [0.25, 0.3) is 0 Å². The van der Waals surface area contributed by atoms with Crippen LogP contribution in [0.15, 0.2) is 6.07 Å². The molecule has 0 unspecified atom stereocenters. The quantitative estimate of drug-likeness (QED) is 0.257. The summed E-state index contributed by atoms with van der Waals surface area (Å²) in [7, 11) is 0. The topological polar surface area (TPSA) is 132 Å². The Morgan fingerprint density at radius 2 is 0.909 bits per heavy atom. The second-order valence-corrected chi connectivity index (χ2v) is 6.47. The third kappa shape index (κ3) is 7.03. The molecule has 10 heteroatoms. The normalized spacial score (nSPS) is 10.2. The number of benzene rings is 1. The van der Waals surface area contributed by atoms with Crippen LogP contribution in [0.5, 0.6) is 0 Å². The highest BCUT2D eigenvalue weighted by molar-refractivity contribution is 6.18. The zero-order valence-electron chi connectivity index (χ0n) is 19.6. The van der Waals surface area contributed by atoms with E-state index in [2.05, 4.69) is 0 Å². The van der Waals surface area contributed by atoms with Crippen molar-refractivity contribution in [1.29, 1.82) is 0 Å². The molecule has 0 aliphatic carbocycles. The standard InChI is InChI=1S/C23H30O10/c1-6-11-12-33-20(25)15-13-14(19(24)29-7-2)16(21(26)30-8-3)18(23(28)32-10-5)17(15)22(27)31-9-4/h13H,6-12H2,1-5H3. The van der Waals surface area contributed by atoms with Crippen molar-refractivity contribution < 1.29 is 47.7 Å². The molecule has 0 fully saturated rings. The Labute approximate surface area is 192 Å². The molecule has 0 N–H and O–H groups in total. The third-order valence-electron chi connectivity index (χ3n) is 4.21. The van der Waals surface area contributed by atoms with Crippen LogP contribution in [-0.4, -0.2) is 62.9 Å². The average molecular weight is 466 g/mol. The molecule has 0 atom stereocenters. The Morgan fingerprint density at radius 3 is 1.30 bits per heavy atom. The van der Waals surface area contributed by atoms with Crippen molar-refractivity contribution in [3.05, 3.63) is 33.9 Å². The van der Waals surface area contributed by atoms with Crippen molar-refractivity contribution >= 4 is 29.8 Å². The van der Waals surface area contributed by atoms with Gasteiger partial charge in [0, 0.05) is 0 Å². The fourth-order valence-corrected chi connectivity index (χ4v) is 2.84. The zero-order valence-corrected chi connectivity index (χ0v) is 19.6. The van der Waals surface area contributed by atoms with E-state index in [1.165, 1.54) is 20.8 Å². The molecule has 0 saturated heterocycles. The van der Waals surface area contributed by atoms with Crippen LogP contribution >= 0.6 is 0 Å². The fourth-order valence-electron chi connectivity index (χ4n) is 2.84. The molecule has 0 amide bonds. The number of hydrogen-bond donors (Lipinski definition) is 0. The van der Waals surface area contributed by atoms with Gasteiger partial charge in [-0.1, -0.05) is 13.3 Å². The van der Waals surface area contributed by atoms with Crippen molar-refractivity contribution in [2.24, 2.45) is 0 Å². The zero-order chi connectivity index (χ0) is 25.0. The van der Waals surface area contributed by atoms with Crippen LogP contribution in [-0.2, 0) is 23.7 Å². The van der Waals surface area contributed by atoms with Gasteiger partial charge in [-0.25, -0.2) is 24.0 Å². The van der Waals surface area contributed by atoms with Crippen molar-refractivity contribution in [2.45, 2.75) is 47.5 Å². The molecule has 1 aromatic carbocycles. The third-order valence-corrected chi connectivity index (χ3v) is 4.21. The van der Waals surface area contributed by atoms with Crippen LogP contribution in [0.1, 0.15) is 99.3 Å². The van der Waals surface area contributed by atoms with Gasteiger partial charge in [0.1, 0.15) is 0 Å². The maximum absolute atomic E-state index is 12.9. The minimum absolute atomic E-state index is 0.0424. The smallest absolute Gasteiger partial charge is 0.339 e. The number of esters is 5. The molecule has 0 bridgehead atoms. The van der Waals surface area contributed by atoms with Crippen molar-refractivity contribution in [3.8, 4) is 0 Å². The number of carbonyl (C=O) groups excluding carboxylic acids is 5. The summed E-state index contributed by atoms with van der Waals surface area (Å²) < 4.78 is 25.3. The molecule has 10 nitrogen and oxygen atoms in total. The highest BCUT2D eigenvalue weighted by Gasteiger charge is 2.37. The summed E-state index contributed by atoms with van der Waals surface area (Å²) in [6.45, 7) is 7.72. The highest BCUT2D eigenvalue weighted by Crippen LogP contribution is 2.28. The Balaban J connectivity index is 4.05. The van der Waals surface area contributed by atoms with E-state index >= 15 is 0 Å². The lowest BCUT2D eigenvalue weighted by Crippen LogP contribution is -2.27. The van der Waals surface area contributed by atoms with Gasteiger partial charge in [0.05, 0.1) is 60.9 Å². The van der Waals surface area contributed by atoms with Gasteiger partial charge in [-0.2, -0.15) is 0 Å². The van der Waals surface area contributed by atoms with Gasteiger partial charge in [-0.15, -0.1) is 0 Å². The largest absolute Gasteiger partial charge is 0.462 e. The second-order valence-electron chi connectivity index (χ2n) is 6.47. The van der Waals surface area contributed by atoms with Gasteiger partial charge < -0.3 is 23.7 Å². The van der Waals surface area contributed by atoms with Gasteiger partial charge in [-0.3, -0.25) is 0 Å². The lowest BCUT2D eigenvalue weighted by Gasteiger charge is -2.19. The van der Waals surface area contributed by atoms with Crippen molar-refractivity contribution in [3.63, 3.8) is 0 Å². The van der Waals surface area contributed by atoms with Crippen LogP contribution in [0.2, 0.25) is 0 Å². The molecule has 33 heavy (non-hydrogen) atoms. The van der Waals surface area contributed by atoms with Crippen molar-refractivity contribution in [1.82, 2.24) is 0 Å². The molecule has 0 aliphatic rings. The first-order chi connectivity index (χ1) is 15.8. The van der Waals surface area contributed by atoms with Crippen LogP contribution in [0, 0.1) is 0 Å².